The number of carbonyl (C=O) groups is 1. The van der Waals surface area contributed by atoms with Gasteiger partial charge in [0.25, 0.3) is 0 Å². The molecule has 0 radical (unpaired) electrons. The van der Waals surface area contributed by atoms with Crippen LogP contribution in [0.25, 0.3) is 11.3 Å². The van der Waals surface area contributed by atoms with Gasteiger partial charge in [-0.05, 0) is 43.3 Å². The predicted molar refractivity (Wildman–Crippen MR) is 82.2 cm³/mol. The van der Waals surface area contributed by atoms with E-state index in [1.807, 2.05) is 19.1 Å². The molecule has 2 aromatic carbocycles. The van der Waals surface area contributed by atoms with Crippen LogP contribution in [0.2, 0.25) is 0 Å². The lowest BCUT2D eigenvalue weighted by atomic mass is 10.1. The molecule has 0 aliphatic carbocycles. The highest BCUT2D eigenvalue weighted by Crippen LogP contribution is 2.21. The molecule has 0 spiro atoms. The molecule has 0 aliphatic heterocycles. The third kappa shape index (κ3) is 3.63. The first-order chi connectivity index (χ1) is 11.1. The molecule has 116 valence electrons. The number of esters is 1. The van der Waals surface area contributed by atoms with Crippen LogP contribution >= 0.6 is 0 Å². The fraction of sp³-hybridized carbons (Fsp3) is 0.111. The Morgan fingerprint density at radius 2 is 1.83 bits per heavy atom. The van der Waals surface area contributed by atoms with Crippen molar-refractivity contribution in [2.75, 3.05) is 0 Å². The van der Waals surface area contributed by atoms with Crippen molar-refractivity contribution in [1.82, 2.24) is 5.16 Å². The first kappa shape index (κ1) is 15.0. The first-order valence-corrected chi connectivity index (χ1v) is 7.07. The molecule has 0 amide bonds. The van der Waals surface area contributed by atoms with Gasteiger partial charge in [-0.25, -0.2) is 9.18 Å². The molecule has 0 saturated carbocycles. The van der Waals surface area contributed by atoms with E-state index < -0.39 is 5.97 Å². The third-order valence-corrected chi connectivity index (χ3v) is 3.33. The summed E-state index contributed by atoms with van der Waals surface area (Å²) in [6.07, 6.45) is 0. The van der Waals surface area contributed by atoms with E-state index in [0.29, 0.717) is 22.6 Å². The van der Waals surface area contributed by atoms with E-state index in [2.05, 4.69) is 5.16 Å². The van der Waals surface area contributed by atoms with Gasteiger partial charge in [-0.15, -0.1) is 0 Å². The van der Waals surface area contributed by atoms with Crippen molar-refractivity contribution in [1.29, 1.82) is 0 Å². The lowest BCUT2D eigenvalue weighted by molar-refractivity contribution is 0.0464. The standard InChI is InChI=1S/C18H14FNO3/c1-12-2-4-14(5-3-12)18(21)22-11-16-10-17(23-20-16)13-6-8-15(19)9-7-13/h2-10H,11H2,1H3. The summed E-state index contributed by atoms with van der Waals surface area (Å²) in [5, 5.41) is 3.85. The summed E-state index contributed by atoms with van der Waals surface area (Å²) in [4.78, 5) is 11.9. The van der Waals surface area contributed by atoms with Crippen molar-refractivity contribution < 1.29 is 18.4 Å². The maximum atomic E-state index is 12.9. The summed E-state index contributed by atoms with van der Waals surface area (Å²) >= 11 is 0. The monoisotopic (exact) mass is 311 g/mol. The van der Waals surface area contributed by atoms with E-state index in [0.717, 1.165) is 5.56 Å². The number of halogens is 1. The molecule has 0 fully saturated rings. The average molecular weight is 311 g/mol. The maximum absolute atomic E-state index is 12.9. The molecule has 23 heavy (non-hydrogen) atoms. The van der Waals surface area contributed by atoms with E-state index >= 15 is 0 Å². The van der Waals surface area contributed by atoms with Crippen molar-refractivity contribution in [2.24, 2.45) is 0 Å². The second kappa shape index (κ2) is 6.44. The SMILES string of the molecule is Cc1ccc(C(=O)OCc2cc(-c3ccc(F)cc3)on2)cc1. The molecular weight excluding hydrogens is 297 g/mol. The molecule has 4 nitrogen and oxygen atoms in total. The molecule has 0 aliphatic rings. The van der Waals surface area contributed by atoms with Crippen LogP contribution in [0.1, 0.15) is 21.6 Å². The average Bonchev–Trinajstić information content (AvgIpc) is 3.03. The molecule has 1 heterocycles. The van der Waals surface area contributed by atoms with E-state index in [1.165, 1.54) is 12.1 Å². The highest BCUT2D eigenvalue weighted by Gasteiger charge is 2.11. The van der Waals surface area contributed by atoms with Gasteiger partial charge in [0, 0.05) is 11.6 Å². The van der Waals surface area contributed by atoms with Crippen LogP contribution in [0.5, 0.6) is 0 Å². The molecule has 3 rings (SSSR count). The van der Waals surface area contributed by atoms with E-state index in [-0.39, 0.29) is 12.4 Å². The molecule has 0 atom stereocenters. The van der Waals surface area contributed by atoms with Crippen molar-refractivity contribution in [2.45, 2.75) is 13.5 Å². The Hall–Kier alpha value is -2.95. The van der Waals surface area contributed by atoms with Gasteiger partial charge >= 0.3 is 5.97 Å². The largest absolute Gasteiger partial charge is 0.455 e. The first-order valence-electron chi connectivity index (χ1n) is 7.07. The Bertz CT molecular complexity index is 807. The molecule has 1 aromatic heterocycles. The summed E-state index contributed by atoms with van der Waals surface area (Å²) in [5.74, 6) is -0.247. The number of carbonyl (C=O) groups excluding carboxylic acids is 1. The van der Waals surface area contributed by atoms with Crippen molar-refractivity contribution in [3.63, 3.8) is 0 Å². The Morgan fingerprint density at radius 1 is 1.13 bits per heavy atom. The van der Waals surface area contributed by atoms with Crippen molar-refractivity contribution >= 4 is 5.97 Å². The van der Waals surface area contributed by atoms with Crippen LogP contribution in [0, 0.1) is 12.7 Å². The smallest absolute Gasteiger partial charge is 0.338 e. The fourth-order valence-corrected chi connectivity index (χ4v) is 2.04. The summed E-state index contributed by atoms with van der Waals surface area (Å²) in [6.45, 7) is 1.96. The van der Waals surface area contributed by atoms with E-state index in [4.69, 9.17) is 9.26 Å². The van der Waals surface area contributed by atoms with Crippen molar-refractivity contribution in [3.8, 4) is 11.3 Å². The van der Waals surface area contributed by atoms with E-state index in [1.54, 1.807) is 30.3 Å². The molecule has 0 N–H and O–H groups in total. The Labute approximate surface area is 132 Å². The molecule has 3 aromatic rings. The van der Waals surface area contributed by atoms with E-state index in [9.17, 15) is 9.18 Å². The Balaban J connectivity index is 1.64. The Kier molecular flexibility index (Phi) is 4.19. The third-order valence-electron chi connectivity index (χ3n) is 3.33. The summed E-state index contributed by atoms with van der Waals surface area (Å²) in [7, 11) is 0. The second-order valence-corrected chi connectivity index (χ2v) is 5.13. The molecule has 0 unspecified atom stereocenters. The number of hydrogen-bond acceptors (Lipinski definition) is 4. The van der Waals surface area contributed by atoms with Crippen LogP contribution in [0.3, 0.4) is 0 Å². The molecule has 0 bridgehead atoms. The van der Waals surface area contributed by atoms with Crippen LogP contribution in [0.4, 0.5) is 4.39 Å². The fourth-order valence-electron chi connectivity index (χ4n) is 2.04. The predicted octanol–water partition coefficient (Wildman–Crippen LogP) is 4.15. The number of aromatic nitrogens is 1. The van der Waals surface area contributed by atoms with Crippen LogP contribution in [0.15, 0.2) is 59.1 Å². The molecular formula is C18H14FNO3. The van der Waals surface area contributed by atoms with Gasteiger partial charge in [-0.3, -0.25) is 0 Å². The number of nitrogens with zero attached hydrogens (tertiary/aromatic N) is 1. The summed E-state index contributed by atoms with van der Waals surface area (Å²) < 4.78 is 23.3. The second-order valence-electron chi connectivity index (χ2n) is 5.13. The summed E-state index contributed by atoms with van der Waals surface area (Å²) in [5.41, 5.74) is 2.75. The van der Waals surface area contributed by atoms with Gasteiger partial charge in [0.05, 0.1) is 5.56 Å². The summed E-state index contributed by atoms with van der Waals surface area (Å²) in [6, 6.07) is 14.7. The lowest BCUT2D eigenvalue weighted by Gasteiger charge is -2.02. The van der Waals surface area contributed by atoms with Crippen LogP contribution in [-0.4, -0.2) is 11.1 Å². The highest BCUT2D eigenvalue weighted by molar-refractivity contribution is 5.89. The number of hydrogen-bond donors (Lipinski definition) is 0. The molecule has 5 heteroatoms. The van der Waals surface area contributed by atoms with Gasteiger partial charge < -0.3 is 9.26 Å². The van der Waals surface area contributed by atoms with Crippen molar-refractivity contribution in [3.05, 3.63) is 77.2 Å². The highest BCUT2D eigenvalue weighted by atomic mass is 19.1. The topological polar surface area (TPSA) is 52.3 Å². The van der Waals surface area contributed by atoms with Gasteiger partial charge in [-0.1, -0.05) is 22.9 Å². The van der Waals surface area contributed by atoms with Gasteiger partial charge in [-0.2, -0.15) is 0 Å². The zero-order chi connectivity index (χ0) is 16.2. The lowest BCUT2D eigenvalue weighted by Crippen LogP contribution is -2.05. The van der Waals surface area contributed by atoms with Crippen LogP contribution in [-0.2, 0) is 11.3 Å². The van der Waals surface area contributed by atoms with Gasteiger partial charge in [0.1, 0.15) is 18.1 Å². The Morgan fingerprint density at radius 3 is 2.52 bits per heavy atom. The quantitative estimate of drug-likeness (QED) is 0.679. The minimum absolute atomic E-state index is 0.0113. The zero-order valence-electron chi connectivity index (χ0n) is 12.5. The number of benzene rings is 2. The number of ether oxygens (including phenoxy) is 1. The number of aryl methyl sites for hydroxylation is 1. The minimum atomic E-state index is -0.420. The maximum Gasteiger partial charge on any atom is 0.338 e. The van der Waals surface area contributed by atoms with Crippen LogP contribution < -0.4 is 0 Å². The zero-order valence-corrected chi connectivity index (χ0v) is 12.5. The van der Waals surface area contributed by atoms with Gasteiger partial charge in [0.2, 0.25) is 0 Å². The normalized spacial score (nSPS) is 10.5. The van der Waals surface area contributed by atoms with Gasteiger partial charge in [0.15, 0.2) is 5.76 Å². The minimum Gasteiger partial charge on any atom is -0.455 e. The number of rotatable bonds is 4. The molecule has 0 saturated heterocycles.